The molecule has 1 fully saturated rings. The average Bonchev–Trinajstić information content (AvgIpc) is 2.94. The van der Waals surface area contributed by atoms with Crippen molar-refractivity contribution >= 4 is 0 Å². The minimum Gasteiger partial charge on any atom is -0.314 e. The third-order valence-corrected chi connectivity index (χ3v) is 2.60. The minimum atomic E-state index is 0.0800. The molecule has 0 spiro atoms. The summed E-state index contributed by atoms with van der Waals surface area (Å²) in [7, 11) is 1.78. The molecule has 1 saturated carbocycles. The molecular formula is C10H17N3O. The van der Waals surface area contributed by atoms with Gasteiger partial charge in [0.1, 0.15) is 0 Å². The Kier molecular flexibility index (Phi) is 2.72. The molecule has 0 aliphatic heterocycles. The van der Waals surface area contributed by atoms with E-state index < -0.39 is 0 Å². The predicted octanol–water partition coefficient (Wildman–Crippen LogP) is 0.329. The lowest BCUT2D eigenvalue weighted by Crippen LogP contribution is -2.24. The lowest BCUT2D eigenvalue weighted by Gasteiger charge is -2.02. The van der Waals surface area contributed by atoms with Crippen molar-refractivity contribution in [3.8, 4) is 0 Å². The van der Waals surface area contributed by atoms with Crippen LogP contribution < -0.4 is 11.0 Å². The van der Waals surface area contributed by atoms with Gasteiger partial charge in [-0.1, -0.05) is 0 Å². The molecule has 1 aliphatic rings. The second kappa shape index (κ2) is 4.00. The average molecular weight is 195 g/mol. The third kappa shape index (κ3) is 2.26. The van der Waals surface area contributed by atoms with Gasteiger partial charge in [-0.2, -0.15) is 0 Å². The summed E-state index contributed by atoms with van der Waals surface area (Å²) in [5, 5.41) is 3.43. The summed E-state index contributed by atoms with van der Waals surface area (Å²) in [5.41, 5.74) is 0.0800. The highest BCUT2D eigenvalue weighted by Crippen LogP contribution is 2.18. The van der Waals surface area contributed by atoms with Gasteiger partial charge in [-0.3, -0.25) is 4.57 Å². The van der Waals surface area contributed by atoms with E-state index in [2.05, 4.69) is 5.32 Å². The molecule has 1 aromatic rings. The Bertz CT molecular complexity index is 348. The van der Waals surface area contributed by atoms with Crippen LogP contribution in [-0.2, 0) is 13.6 Å². The number of imidazole rings is 1. The Morgan fingerprint density at radius 2 is 2.29 bits per heavy atom. The second-order valence-corrected chi connectivity index (χ2v) is 3.97. The Hall–Kier alpha value is -1.03. The monoisotopic (exact) mass is 195 g/mol. The Morgan fingerprint density at radius 1 is 1.50 bits per heavy atom. The zero-order valence-corrected chi connectivity index (χ0v) is 8.57. The van der Waals surface area contributed by atoms with Gasteiger partial charge in [-0.15, -0.1) is 0 Å². The van der Waals surface area contributed by atoms with Gasteiger partial charge < -0.3 is 9.88 Å². The van der Waals surface area contributed by atoms with Gasteiger partial charge in [0, 0.05) is 32.0 Å². The van der Waals surface area contributed by atoms with Crippen LogP contribution in [0.3, 0.4) is 0 Å². The van der Waals surface area contributed by atoms with Crippen molar-refractivity contribution in [2.24, 2.45) is 7.05 Å². The first-order valence-electron chi connectivity index (χ1n) is 5.22. The van der Waals surface area contributed by atoms with Gasteiger partial charge in [0.2, 0.25) is 0 Å². The summed E-state index contributed by atoms with van der Waals surface area (Å²) in [6.07, 6.45) is 7.33. The smallest absolute Gasteiger partial charge is 0.314 e. The van der Waals surface area contributed by atoms with E-state index in [1.54, 1.807) is 22.4 Å². The molecule has 1 heterocycles. The van der Waals surface area contributed by atoms with Crippen molar-refractivity contribution < 1.29 is 0 Å². The van der Waals surface area contributed by atoms with Gasteiger partial charge in [0.15, 0.2) is 0 Å². The Balaban J connectivity index is 1.73. The molecule has 0 saturated heterocycles. The van der Waals surface area contributed by atoms with Crippen LogP contribution in [0.2, 0.25) is 0 Å². The summed E-state index contributed by atoms with van der Waals surface area (Å²) < 4.78 is 3.36. The minimum absolute atomic E-state index is 0.0800. The molecule has 78 valence electrons. The van der Waals surface area contributed by atoms with E-state index in [0.717, 1.165) is 25.6 Å². The fourth-order valence-electron chi connectivity index (χ4n) is 1.52. The topological polar surface area (TPSA) is 39.0 Å². The number of hydrogen-bond acceptors (Lipinski definition) is 2. The first-order valence-corrected chi connectivity index (χ1v) is 5.22. The number of aryl methyl sites for hydroxylation is 2. The summed E-state index contributed by atoms with van der Waals surface area (Å²) >= 11 is 0. The molecule has 0 aromatic carbocycles. The summed E-state index contributed by atoms with van der Waals surface area (Å²) in [4.78, 5) is 11.4. The van der Waals surface area contributed by atoms with Crippen molar-refractivity contribution in [3.63, 3.8) is 0 Å². The maximum absolute atomic E-state index is 11.4. The maximum atomic E-state index is 11.4. The standard InChI is InChI=1S/C10H17N3O/c1-12-7-8-13(10(12)14)6-2-5-11-9-3-4-9/h7-9,11H,2-6H2,1H3. The molecule has 4 heteroatoms. The zero-order chi connectivity index (χ0) is 9.97. The van der Waals surface area contributed by atoms with Crippen LogP contribution in [0, 0.1) is 0 Å². The van der Waals surface area contributed by atoms with Crippen molar-refractivity contribution in [2.75, 3.05) is 6.54 Å². The molecule has 1 aliphatic carbocycles. The molecule has 4 nitrogen and oxygen atoms in total. The van der Waals surface area contributed by atoms with Crippen LogP contribution >= 0.6 is 0 Å². The Labute approximate surface area is 83.5 Å². The van der Waals surface area contributed by atoms with Crippen LogP contribution in [0.25, 0.3) is 0 Å². The van der Waals surface area contributed by atoms with Crippen molar-refractivity contribution in [2.45, 2.75) is 31.8 Å². The zero-order valence-electron chi connectivity index (χ0n) is 8.57. The van der Waals surface area contributed by atoms with Crippen LogP contribution in [-0.4, -0.2) is 21.7 Å². The van der Waals surface area contributed by atoms with Crippen molar-refractivity contribution in [3.05, 3.63) is 22.9 Å². The SMILES string of the molecule is Cn1ccn(CCCNC2CC2)c1=O. The molecule has 14 heavy (non-hydrogen) atoms. The first kappa shape index (κ1) is 9.52. The maximum Gasteiger partial charge on any atom is 0.327 e. The number of aromatic nitrogens is 2. The highest BCUT2D eigenvalue weighted by Gasteiger charge is 2.19. The third-order valence-electron chi connectivity index (χ3n) is 2.60. The van der Waals surface area contributed by atoms with E-state index >= 15 is 0 Å². The number of hydrogen-bond donors (Lipinski definition) is 1. The number of rotatable bonds is 5. The quantitative estimate of drug-likeness (QED) is 0.688. The molecule has 0 radical (unpaired) electrons. The van der Waals surface area contributed by atoms with E-state index in [1.165, 1.54) is 12.8 Å². The predicted molar refractivity (Wildman–Crippen MR) is 55.3 cm³/mol. The fraction of sp³-hybridized carbons (Fsp3) is 0.700. The van der Waals surface area contributed by atoms with Gasteiger partial charge in [-0.05, 0) is 25.8 Å². The van der Waals surface area contributed by atoms with Crippen LogP contribution in [0.4, 0.5) is 0 Å². The second-order valence-electron chi connectivity index (χ2n) is 3.97. The highest BCUT2D eigenvalue weighted by atomic mass is 16.1. The van der Waals surface area contributed by atoms with E-state index in [4.69, 9.17) is 0 Å². The van der Waals surface area contributed by atoms with Gasteiger partial charge in [0.05, 0.1) is 0 Å². The summed E-state index contributed by atoms with van der Waals surface area (Å²) in [5.74, 6) is 0. The fourth-order valence-corrected chi connectivity index (χ4v) is 1.52. The molecule has 1 N–H and O–H groups in total. The molecule has 0 bridgehead atoms. The lowest BCUT2D eigenvalue weighted by molar-refractivity contribution is 0.563. The lowest BCUT2D eigenvalue weighted by atomic mass is 10.4. The van der Waals surface area contributed by atoms with Crippen molar-refractivity contribution in [1.82, 2.24) is 14.5 Å². The molecular weight excluding hydrogens is 178 g/mol. The first-order chi connectivity index (χ1) is 6.77. The summed E-state index contributed by atoms with van der Waals surface area (Å²) in [6.45, 7) is 1.84. The van der Waals surface area contributed by atoms with E-state index in [0.29, 0.717) is 0 Å². The normalized spacial score (nSPS) is 16.1. The number of nitrogens with zero attached hydrogens (tertiary/aromatic N) is 2. The van der Waals surface area contributed by atoms with E-state index in [-0.39, 0.29) is 5.69 Å². The van der Waals surface area contributed by atoms with Gasteiger partial charge in [-0.25, -0.2) is 4.79 Å². The van der Waals surface area contributed by atoms with Crippen LogP contribution in [0.1, 0.15) is 19.3 Å². The van der Waals surface area contributed by atoms with Crippen LogP contribution in [0.15, 0.2) is 17.2 Å². The van der Waals surface area contributed by atoms with E-state index in [1.807, 2.05) is 6.20 Å². The summed E-state index contributed by atoms with van der Waals surface area (Å²) in [6, 6.07) is 0.766. The highest BCUT2D eigenvalue weighted by molar-refractivity contribution is 4.82. The van der Waals surface area contributed by atoms with Gasteiger partial charge >= 0.3 is 5.69 Å². The van der Waals surface area contributed by atoms with Crippen molar-refractivity contribution in [1.29, 1.82) is 0 Å². The molecule has 0 atom stereocenters. The largest absolute Gasteiger partial charge is 0.327 e. The molecule has 1 aromatic heterocycles. The Morgan fingerprint density at radius 3 is 2.86 bits per heavy atom. The number of nitrogens with one attached hydrogen (secondary N) is 1. The molecule has 0 amide bonds. The molecule has 2 rings (SSSR count). The molecule has 0 unspecified atom stereocenters. The van der Waals surface area contributed by atoms with Gasteiger partial charge in [0.25, 0.3) is 0 Å². The van der Waals surface area contributed by atoms with E-state index in [9.17, 15) is 4.79 Å². The van der Waals surface area contributed by atoms with Crippen LogP contribution in [0.5, 0.6) is 0 Å².